The summed E-state index contributed by atoms with van der Waals surface area (Å²) in [4.78, 5) is 49.6. The fourth-order valence-electron chi connectivity index (χ4n) is 3.22. The molecule has 25 heavy (non-hydrogen) atoms. The van der Waals surface area contributed by atoms with E-state index in [-0.39, 0.29) is 12.0 Å². The summed E-state index contributed by atoms with van der Waals surface area (Å²) in [7, 11) is 0. The number of hydrogen-bond donors (Lipinski definition) is 2. The Hall–Kier alpha value is -2.50. The van der Waals surface area contributed by atoms with Crippen molar-refractivity contribution in [2.75, 3.05) is 0 Å². The number of ketones is 2. The maximum absolute atomic E-state index is 12.8. The molecule has 6 nitrogen and oxygen atoms in total. The van der Waals surface area contributed by atoms with Gasteiger partial charge >= 0.3 is 5.97 Å². The molecule has 134 valence electrons. The minimum atomic E-state index is -2.22. The van der Waals surface area contributed by atoms with Gasteiger partial charge in [-0.3, -0.25) is 14.4 Å². The first-order valence-electron chi connectivity index (χ1n) is 8.62. The molecule has 0 saturated heterocycles. The van der Waals surface area contributed by atoms with Crippen molar-refractivity contribution in [3.63, 3.8) is 0 Å². The number of Topliss-reactive ketones (excluding diaryl/α,β-unsaturated/α-hetero) is 2. The molecule has 1 amide bonds. The number of rotatable bonds is 7. The molecule has 1 aromatic carbocycles. The molecule has 1 fully saturated rings. The Bertz CT molecular complexity index is 664. The second-order valence-electron chi connectivity index (χ2n) is 6.41. The summed E-state index contributed by atoms with van der Waals surface area (Å²) >= 11 is 0. The largest absolute Gasteiger partial charge is 0.479 e. The molecule has 0 spiro atoms. The highest BCUT2D eigenvalue weighted by molar-refractivity contribution is 6.45. The Morgan fingerprint density at radius 2 is 1.68 bits per heavy atom. The SMILES string of the molecule is CCC(NC(=O)c1ccccc1)(C(=O)O)C(=O)C(=O)C1CCCCC1. The van der Waals surface area contributed by atoms with Crippen molar-refractivity contribution in [3.05, 3.63) is 35.9 Å². The number of amides is 1. The Morgan fingerprint density at radius 3 is 2.20 bits per heavy atom. The van der Waals surface area contributed by atoms with Gasteiger partial charge in [-0.25, -0.2) is 4.79 Å². The van der Waals surface area contributed by atoms with Crippen molar-refractivity contribution >= 4 is 23.4 Å². The molecule has 0 aromatic heterocycles. The maximum Gasteiger partial charge on any atom is 0.337 e. The van der Waals surface area contributed by atoms with Crippen molar-refractivity contribution in [1.29, 1.82) is 0 Å². The van der Waals surface area contributed by atoms with Gasteiger partial charge in [-0.05, 0) is 31.4 Å². The summed E-state index contributed by atoms with van der Waals surface area (Å²) in [6.07, 6.45) is 3.71. The van der Waals surface area contributed by atoms with Crippen LogP contribution in [0.25, 0.3) is 0 Å². The predicted molar refractivity (Wildman–Crippen MR) is 91.2 cm³/mol. The summed E-state index contributed by atoms with van der Waals surface area (Å²) in [5, 5.41) is 12.0. The lowest BCUT2D eigenvalue weighted by atomic mass is 9.79. The lowest BCUT2D eigenvalue weighted by Gasteiger charge is -2.29. The second-order valence-corrected chi connectivity index (χ2v) is 6.41. The van der Waals surface area contributed by atoms with Crippen LogP contribution in [0.1, 0.15) is 55.8 Å². The van der Waals surface area contributed by atoms with Gasteiger partial charge in [-0.1, -0.05) is 44.4 Å². The standard InChI is InChI=1S/C19H23NO5/c1-2-19(18(24)25,20-17(23)14-11-7-4-8-12-14)16(22)15(21)13-9-5-3-6-10-13/h4,7-8,11-13H,2-3,5-6,9-10H2,1H3,(H,20,23)(H,24,25). The van der Waals surface area contributed by atoms with Gasteiger partial charge in [0.1, 0.15) is 0 Å². The van der Waals surface area contributed by atoms with Crippen LogP contribution in [0, 0.1) is 5.92 Å². The van der Waals surface area contributed by atoms with Gasteiger partial charge in [0.15, 0.2) is 0 Å². The van der Waals surface area contributed by atoms with Gasteiger partial charge < -0.3 is 10.4 Å². The highest BCUT2D eigenvalue weighted by Gasteiger charge is 2.50. The maximum atomic E-state index is 12.8. The quantitative estimate of drug-likeness (QED) is 0.584. The number of aliphatic carboxylic acids is 1. The fraction of sp³-hybridized carbons (Fsp3) is 0.474. The van der Waals surface area contributed by atoms with E-state index in [4.69, 9.17) is 0 Å². The predicted octanol–water partition coefficient (Wildman–Crippen LogP) is 2.37. The Labute approximate surface area is 146 Å². The molecule has 0 heterocycles. The normalized spacial score (nSPS) is 17.3. The van der Waals surface area contributed by atoms with Crippen molar-refractivity contribution < 1.29 is 24.3 Å². The Morgan fingerprint density at radius 1 is 1.08 bits per heavy atom. The van der Waals surface area contributed by atoms with Crippen LogP contribution in [-0.2, 0) is 14.4 Å². The monoisotopic (exact) mass is 345 g/mol. The van der Waals surface area contributed by atoms with Gasteiger partial charge in [0.25, 0.3) is 5.91 Å². The molecular formula is C19H23NO5. The molecule has 0 bridgehead atoms. The average Bonchev–Trinajstić information content (AvgIpc) is 2.66. The zero-order valence-corrected chi connectivity index (χ0v) is 14.3. The first kappa shape index (κ1) is 18.8. The molecule has 1 saturated carbocycles. The number of nitrogens with one attached hydrogen (secondary N) is 1. The highest BCUT2D eigenvalue weighted by Crippen LogP contribution is 2.27. The molecule has 0 aliphatic heterocycles. The van der Waals surface area contributed by atoms with Crippen LogP contribution in [0.15, 0.2) is 30.3 Å². The molecule has 2 N–H and O–H groups in total. The summed E-state index contributed by atoms with van der Waals surface area (Å²) in [5.74, 6) is -4.35. The molecule has 1 unspecified atom stereocenters. The van der Waals surface area contributed by atoms with E-state index < -0.39 is 34.9 Å². The third-order valence-electron chi connectivity index (χ3n) is 4.85. The summed E-state index contributed by atoms with van der Waals surface area (Å²) in [5.41, 5.74) is -1.99. The van der Waals surface area contributed by atoms with E-state index >= 15 is 0 Å². The summed E-state index contributed by atoms with van der Waals surface area (Å²) < 4.78 is 0. The lowest BCUT2D eigenvalue weighted by Crippen LogP contribution is -2.62. The average molecular weight is 345 g/mol. The van der Waals surface area contributed by atoms with Gasteiger partial charge in [0.2, 0.25) is 17.1 Å². The number of carbonyl (C=O) groups is 4. The van der Waals surface area contributed by atoms with E-state index in [1.165, 1.54) is 19.1 Å². The third-order valence-corrected chi connectivity index (χ3v) is 4.85. The van der Waals surface area contributed by atoms with Crippen molar-refractivity contribution in [2.24, 2.45) is 5.92 Å². The zero-order valence-electron chi connectivity index (χ0n) is 14.3. The minimum Gasteiger partial charge on any atom is -0.479 e. The van der Waals surface area contributed by atoms with Gasteiger partial charge in [-0.15, -0.1) is 0 Å². The Kier molecular flexibility index (Phi) is 6.07. The summed E-state index contributed by atoms with van der Waals surface area (Å²) in [6, 6.07) is 8.03. The van der Waals surface area contributed by atoms with Crippen LogP contribution in [0.3, 0.4) is 0 Å². The van der Waals surface area contributed by atoms with E-state index in [9.17, 15) is 24.3 Å². The molecule has 2 rings (SSSR count). The van der Waals surface area contributed by atoms with Crippen molar-refractivity contribution in [3.8, 4) is 0 Å². The van der Waals surface area contributed by atoms with E-state index in [2.05, 4.69) is 5.32 Å². The minimum absolute atomic E-state index is 0.196. The van der Waals surface area contributed by atoms with Crippen LogP contribution in [0.2, 0.25) is 0 Å². The van der Waals surface area contributed by atoms with Gasteiger partial charge in [0.05, 0.1) is 0 Å². The number of benzene rings is 1. The van der Waals surface area contributed by atoms with E-state index in [1.807, 2.05) is 0 Å². The van der Waals surface area contributed by atoms with Crippen LogP contribution in [0.5, 0.6) is 0 Å². The van der Waals surface area contributed by atoms with Crippen LogP contribution >= 0.6 is 0 Å². The molecule has 1 aliphatic rings. The summed E-state index contributed by atoms with van der Waals surface area (Å²) in [6.45, 7) is 1.48. The second kappa shape index (κ2) is 8.05. The number of carboxylic acid groups (broad SMARTS) is 1. The highest BCUT2D eigenvalue weighted by atomic mass is 16.4. The third kappa shape index (κ3) is 3.95. The number of carbonyl (C=O) groups excluding carboxylic acids is 3. The zero-order chi connectivity index (χ0) is 18.4. The lowest BCUT2D eigenvalue weighted by molar-refractivity contribution is -0.154. The smallest absolute Gasteiger partial charge is 0.337 e. The van der Waals surface area contributed by atoms with Crippen molar-refractivity contribution in [2.45, 2.75) is 51.0 Å². The van der Waals surface area contributed by atoms with Crippen LogP contribution < -0.4 is 5.32 Å². The molecule has 0 radical (unpaired) electrons. The van der Waals surface area contributed by atoms with Crippen molar-refractivity contribution in [1.82, 2.24) is 5.32 Å². The van der Waals surface area contributed by atoms with E-state index in [1.54, 1.807) is 18.2 Å². The number of hydrogen-bond acceptors (Lipinski definition) is 4. The van der Waals surface area contributed by atoms with E-state index in [0.29, 0.717) is 12.8 Å². The first-order valence-corrected chi connectivity index (χ1v) is 8.62. The molecular weight excluding hydrogens is 322 g/mol. The topological polar surface area (TPSA) is 101 Å². The fourth-order valence-corrected chi connectivity index (χ4v) is 3.22. The van der Waals surface area contributed by atoms with Crippen LogP contribution in [0.4, 0.5) is 0 Å². The first-order chi connectivity index (χ1) is 11.9. The Balaban J connectivity index is 2.27. The molecule has 1 aliphatic carbocycles. The molecule has 1 atom stereocenters. The van der Waals surface area contributed by atoms with E-state index in [0.717, 1.165) is 19.3 Å². The molecule has 1 aromatic rings. The van der Waals surface area contributed by atoms with Gasteiger partial charge in [-0.2, -0.15) is 0 Å². The number of carboxylic acids is 1. The van der Waals surface area contributed by atoms with Crippen LogP contribution in [-0.4, -0.2) is 34.1 Å². The molecule has 6 heteroatoms. The van der Waals surface area contributed by atoms with Gasteiger partial charge in [0, 0.05) is 11.5 Å².